The zero-order chi connectivity index (χ0) is 24.2. The minimum atomic E-state index is -0.774. The van der Waals surface area contributed by atoms with E-state index in [0.29, 0.717) is 17.9 Å². The molecule has 1 saturated carbocycles. The fourth-order valence-corrected chi connectivity index (χ4v) is 5.41. The van der Waals surface area contributed by atoms with Crippen molar-refractivity contribution in [1.29, 1.82) is 0 Å². The smallest absolute Gasteiger partial charge is 0.429 e. The van der Waals surface area contributed by atoms with E-state index in [9.17, 15) is 14.4 Å². The van der Waals surface area contributed by atoms with Crippen molar-refractivity contribution in [2.75, 3.05) is 0 Å². The quantitative estimate of drug-likeness (QED) is 0.318. The van der Waals surface area contributed by atoms with Gasteiger partial charge in [0.05, 0.1) is 0 Å². The number of nitrogens with zero attached hydrogens (tertiary/aromatic N) is 1. The highest BCUT2D eigenvalue weighted by atomic mass is 16.7. The predicted molar refractivity (Wildman–Crippen MR) is 132 cm³/mol. The lowest BCUT2D eigenvalue weighted by Crippen LogP contribution is -2.43. The van der Waals surface area contributed by atoms with Crippen LogP contribution in [0.4, 0.5) is 4.79 Å². The van der Waals surface area contributed by atoms with Crippen LogP contribution in [0.15, 0.2) is 72.8 Å². The molecular weight excluding hydrogens is 442 g/mol. The lowest BCUT2D eigenvalue weighted by Gasteiger charge is -2.29. The first-order valence-corrected chi connectivity index (χ1v) is 12.3. The predicted octanol–water partition coefficient (Wildman–Crippen LogP) is 5.88. The minimum Gasteiger partial charge on any atom is -0.429 e. The third-order valence-corrected chi connectivity index (χ3v) is 7.15. The molecule has 1 aliphatic heterocycles. The van der Waals surface area contributed by atoms with Gasteiger partial charge >= 0.3 is 6.16 Å². The molecule has 6 nitrogen and oxygen atoms in total. The van der Waals surface area contributed by atoms with Crippen molar-refractivity contribution >= 4 is 28.6 Å². The number of rotatable bonds is 7. The number of amides is 1. The Kier molecular flexibility index (Phi) is 6.80. The van der Waals surface area contributed by atoms with Crippen LogP contribution in [0, 0.1) is 5.92 Å². The maximum absolute atomic E-state index is 13.2. The first-order chi connectivity index (χ1) is 17.1. The van der Waals surface area contributed by atoms with Gasteiger partial charge in [0, 0.05) is 30.9 Å². The van der Waals surface area contributed by atoms with Crippen LogP contribution in [0.2, 0.25) is 0 Å². The van der Waals surface area contributed by atoms with Crippen LogP contribution in [0.1, 0.15) is 54.4 Å². The lowest BCUT2D eigenvalue weighted by atomic mass is 10.0. The van der Waals surface area contributed by atoms with Gasteiger partial charge in [0.1, 0.15) is 6.61 Å². The minimum absolute atomic E-state index is 0.0604. The van der Waals surface area contributed by atoms with Gasteiger partial charge in [-0.25, -0.2) is 4.79 Å². The molecule has 0 spiro atoms. The van der Waals surface area contributed by atoms with Crippen LogP contribution < -0.4 is 0 Å². The van der Waals surface area contributed by atoms with Crippen LogP contribution >= 0.6 is 0 Å². The summed E-state index contributed by atoms with van der Waals surface area (Å²) in [5.74, 6) is 0.113. The number of ether oxygens (including phenoxy) is 2. The summed E-state index contributed by atoms with van der Waals surface area (Å²) in [6.45, 7) is 0.119. The van der Waals surface area contributed by atoms with Gasteiger partial charge in [-0.3, -0.25) is 9.59 Å². The zero-order valence-corrected chi connectivity index (χ0v) is 19.6. The number of carbonyl (C=O) groups excluding carboxylic acids is 3. The van der Waals surface area contributed by atoms with Crippen LogP contribution in [-0.4, -0.2) is 35.0 Å². The Morgan fingerprint density at radius 1 is 0.857 bits per heavy atom. The molecule has 0 radical (unpaired) electrons. The molecule has 3 aromatic rings. The van der Waals surface area contributed by atoms with Crippen molar-refractivity contribution in [3.8, 4) is 0 Å². The van der Waals surface area contributed by atoms with E-state index in [4.69, 9.17) is 9.47 Å². The second-order valence-electron chi connectivity index (χ2n) is 9.38. The molecule has 3 atom stereocenters. The van der Waals surface area contributed by atoms with Gasteiger partial charge in [0.2, 0.25) is 5.91 Å². The largest absolute Gasteiger partial charge is 0.510 e. The summed E-state index contributed by atoms with van der Waals surface area (Å²) in [6, 6.07) is 22.9. The fourth-order valence-electron chi connectivity index (χ4n) is 5.41. The second-order valence-corrected chi connectivity index (χ2v) is 9.38. The average Bonchev–Trinajstić information content (AvgIpc) is 3.47. The van der Waals surface area contributed by atoms with Crippen molar-refractivity contribution in [3.05, 3.63) is 83.9 Å². The molecule has 1 amide bonds. The standard InChI is InChI=1S/C29H29NO5/c31-26(24-14-13-21-9-4-5-10-22(21)17-24)15-16-27(32)30-25-12-6-11-23(25)18-28(30)35-29(33)34-19-20-7-2-1-3-8-20/h1-5,7-10,13-14,17,23,25,28H,6,11-12,15-16,18-19H2/t23-,25-,28-/m0/s1. The number of Topliss-reactive ketones (excluding diaryl/α,β-unsaturated/α-hetero) is 1. The Morgan fingerprint density at radius 2 is 1.63 bits per heavy atom. The number of hydrogen-bond acceptors (Lipinski definition) is 5. The van der Waals surface area contributed by atoms with Gasteiger partial charge in [-0.1, -0.05) is 73.2 Å². The number of carbonyl (C=O) groups is 3. The van der Waals surface area contributed by atoms with E-state index < -0.39 is 12.4 Å². The molecule has 35 heavy (non-hydrogen) atoms. The van der Waals surface area contributed by atoms with Crippen molar-refractivity contribution < 1.29 is 23.9 Å². The maximum Gasteiger partial charge on any atom is 0.510 e. The second kappa shape index (κ2) is 10.3. The SMILES string of the molecule is O=C(OCc1ccccc1)O[C@H]1C[C@@H]2CCC[C@@H]2N1C(=O)CCC(=O)c1ccc2ccccc2c1. The molecule has 1 aliphatic carbocycles. The van der Waals surface area contributed by atoms with E-state index in [-0.39, 0.29) is 37.2 Å². The van der Waals surface area contributed by atoms with E-state index in [1.807, 2.05) is 72.8 Å². The summed E-state index contributed by atoms with van der Waals surface area (Å²) in [7, 11) is 0. The third kappa shape index (κ3) is 5.21. The van der Waals surface area contributed by atoms with Crippen molar-refractivity contribution in [3.63, 3.8) is 0 Å². The first-order valence-electron chi connectivity index (χ1n) is 12.3. The Hall–Kier alpha value is -3.67. The molecular formula is C29H29NO5. The molecule has 6 heteroatoms. The van der Waals surface area contributed by atoms with E-state index >= 15 is 0 Å². The zero-order valence-electron chi connectivity index (χ0n) is 19.6. The number of benzene rings is 3. The number of likely N-dealkylation sites (tertiary alicyclic amines) is 1. The van der Waals surface area contributed by atoms with Crippen LogP contribution in [-0.2, 0) is 20.9 Å². The molecule has 1 heterocycles. The highest BCUT2D eigenvalue weighted by molar-refractivity contribution is 6.01. The normalized spacial score (nSPS) is 21.0. The highest BCUT2D eigenvalue weighted by Gasteiger charge is 2.47. The number of ketones is 1. The monoisotopic (exact) mass is 471 g/mol. The van der Waals surface area contributed by atoms with Crippen molar-refractivity contribution in [1.82, 2.24) is 4.90 Å². The number of hydrogen-bond donors (Lipinski definition) is 0. The molecule has 3 aromatic carbocycles. The van der Waals surface area contributed by atoms with Crippen LogP contribution in [0.25, 0.3) is 10.8 Å². The van der Waals surface area contributed by atoms with Crippen molar-refractivity contribution in [2.24, 2.45) is 5.92 Å². The first kappa shape index (κ1) is 23.1. The summed E-state index contributed by atoms with van der Waals surface area (Å²) in [6.07, 6.45) is 2.39. The molecule has 180 valence electrons. The number of fused-ring (bicyclic) bond motifs is 2. The Balaban J connectivity index is 1.20. The van der Waals surface area contributed by atoms with Crippen LogP contribution in [0.5, 0.6) is 0 Å². The summed E-state index contributed by atoms with van der Waals surface area (Å²) in [4.78, 5) is 40.2. The van der Waals surface area contributed by atoms with E-state index in [2.05, 4.69) is 0 Å². The molecule has 0 N–H and O–H groups in total. The molecule has 0 bridgehead atoms. The fraction of sp³-hybridized carbons (Fsp3) is 0.345. The van der Waals surface area contributed by atoms with Crippen LogP contribution in [0.3, 0.4) is 0 Å². The molecule has 1 saturated heterocycles. The topological polar surface area (TPSA) is 72.9 Å². The molecule has 2 fully saturated rings. The van der Waals surface area contributed by atoms with Gasteiger partial charge in [-0.2, -0.15) is 0 Å². The maximum atomic E-state index is 13.2. The lowest BCUT2D eigenvalue weighted by molar-refractivity contribution is -0.142. The van der Waals surface area contributed by atoms with Gasteiger partial charge in [0.15, 0.2) is 12.0 Å². The van der Waals surface area contributed by atoms with E-state index in [1.54, 1.807) is 4.90 Å². The van der Waals surface area contributed by atoms with Gasteiger partial charge < -0.3 is 14.4 Å². The van der Waals surface area contributed by atoms with Crippen molar-refractivity contribution in [2.45, 2.75) is 57.4 Å². The average molecular weight is 472 g/mol. The highest BCUT2D eigenvalue weighted by Crippen LogP contribution is 2.42. The van der Waals surface area contributed by atoms with Gasteiger partial charge in [-0.15, -0.1) is 0 Å². The molecule has 5 rings (SSSR count). The van der Waals surface area contributed by atoms with E-state index in [0.717, 1.165) is 35.6 Å². The van der Waals surface area contributed by atoms with Gasteiger partial charge in [0.25, 0.3) is 0 Å². The third-order valence-electron chi connectivity index (χ3n) is 7.15. The Labute approximate surface area is 204 Å². The van der Waals surface area contributed by atoms with Gasteiger partial charge in [-0.05, 0) is 41.2 Å². The van der Waals surface area contributed by atoms with E-state index in [1.165, 1.54) is 0 Å². The Bertz CT molecular complexity index is 1220. The summed E-state index contributed by atoms with van der Waals surface area (Å²) in [5, 5.41) is 2.07. The summed E-state index contributed by atoms with van der Waals surface area (Å²) < 4.78 is 10.9. The molecule has 0 aromatic heterocycles. The molecule has 0 unspecified atom stereocenters. The Morgan fingerprint density at radius 3 is 2.46 bits per heavy atom. The summed E-state index contributed by atoms with van der Waals surface area (Å²) in [5.41, 5.74) is 1.47. The molecule has 2 aliphatic rings. The summed E-state index contributed by atoms with van der Waals surface area (Å²) >= 11 is 0.